The molecule has 10 heteroatoms. The summed E-state index contributed by atoms with van der Waals surface area (Å²) in [6, 6.07) is 0. The minimum absolute atomic E-state index is 0.304. The van der Waals surface area contributed by atoms with Crippen molar-refractivity contribution in [3.8, 4) is 0 Å². The molecule has 0 saturated carbocycles. The van der Waals surface area contributed by atoms with Gasteiger partial charge in [-0.1, -0.05) is 11.8 Å². The third-order valence-corrected chi connectivity index (χ3v) is 6.33. The Labute approximate surface area is 153 Å². The Hall–Kier alpha value is -1.94. The van der Waals surface area contributed by atoms with Gasteiger partial charge in [-0.05, 0) is 24.3 Å². The van der Waals surface area contributed by atoms with E-state index in [4.69, 9.17) is 4.52 Å². The highest BCUT2D eigenvalue weighted by molar-refractivity contribution is 8.00. The lowest BCUT2D eigenvalue weighted by atomic mass is 9.97. The van der Waals surface area contributed by atoms with E-state index in [1.807, 2.05) is 25.3 Å². The van der Waals surface area contributed by atoms with Crippen LogP contribution in [-0.2, 0) is 0 Å². The monoisotopic (exact) mass is 377 g/mol. The molecule has 4 heterocycles. The normalized spacial score (nSPS) is 15.9. The second kappa shape index (κ2) is 6.75. The summed E-state index contributed by atoms with van der Waals surface area (Å²) in [5, 5.41) is 4.02. The van der Waals surface area contributed by atoms with Crippen molar-refractivity contribution < 1.29 is 4.52 Å². The molecule has 1 aliphatic rings. The van der Waals surface area contributed by atoms with Crippen LogP contribution < -0.4 is 9.80 Å². The van der Waals surface area contributed by atoms with Gasteiger partial charge >= 0.3 is 0 Å². The minimum Gasteiger partial charge on any atom is -0.355 e. The Morgan fingerprint density at radius 3 is 2.72 bits per heavy atom. The maximum Gasteiger partial charge on any atom is 0.265 e. The van der Waals surface area contributed by atoms with E-state index < -0.39 is 0 Å². The second-order valence-corrected chi connectivity index (χ2v) is 8.17. The molecule has 1 saturated heterocycles. The fourth-order valence-electron chi connectivity index (χ4n) is 2.95. The van der Waals surface area contributed by atoms with Crippen molar-refractivity contribution in [1.29, 1.82) is 0 Å². The Bertz CT molecular complexity index is 870. The number of aromatic nitrogens is 5. The zero-order valence-electron chi connectivity index (χ0n) is 14.3. The van der Waals surface area contributed by atoms with Gasteiger partial charge in [0.25, 0.3) is 5.95 Å². The maximum atomic E-state index is 5.44. The highest BCUT2D eigenvalue weighted by Crippen LogP contribution is 2.35. The van der Waals surface area contributed by atoms with E-state index in [9.17, 15) is 0 Å². The zero-order valence-corrected chi connectivity index (χ0v) is 16.0. The number of fused-ring (bicyclic) bond motifs is 1. The van der Waals surface area contributed by atoms with E-state index in [2.05, 4.69) is 30.0 Å². The first kappa shape index (κ1) is 16.5. The molecule has 1 aliphatic heterocycles. The van der Waals surface area contributed by atoms with Crippen LogP contribution in [0.1, 0.15) is 24.7 Å². The average molecular weight is 377 g/mol. The Kier molecular flexibility index (Phi) is 4.46. The number of piperidine rings is 1. The van der Waals surface area contributed by atoms with Gasteiger partial charge in [0.2, 0.25) is 5.89 Å². The molecule has 1 fully saturated rings. The fraction of sp³-hybridized carbons (Fsp3) is 0.533. The molecule has 4 rings (SSSR count). The summed E-state index contributed by atoms with van der Waals surface area (Å²) in [4.78, 5) is 22.0. The predicted molar refractivity (Wildman–Crippen MR) is 99.8 cm³/mol. The third kappa shape index (κ3) is 3.15. The number of hydrogen-bond acceptors (Lipinski definition) is 10. The molecule has 0 unspecified atom stereocenters. The smallest absolute Gasteiger partial charge is 0.265 e. The molecular formula is C15H19N7OS2. The second-order valence-electron chi connectivity index (χ2n) is 6.12. The van der Waals surface area contributed by atoms with Crippen molar-refractivity contribution in [3.05, 3.63) is 12.2 Å². The Balaban J connectivity index is 1.51. The largest absolute Gasteiger partial charge is 0.355 e. The van der Waals surface area contributed by atoms with Crippen molar-refractivity contribution in [2.75, 3.05) is 43.2 Å². The molecule has 0 atom stereocenters. The quantitative estimate of drug-likeness (QED) is 0.637. The third-order valence-electron chi connectivity index (χ3n) is 4.30. The molecule has 0 aromatic carbocycles. The predicted octanol–water partition coefficient (Wildman–Crippen LogP) is 2.64. The number of nitrogens with zero attached hydrogens (tertiary/aromatic N) is 7. The molecule has 0 aliphatic carbocycles. The first-order valence-corrected chi connectivity index (χ1v) is 10.1. The van der Waals surface area contributed by atoms with Gasteiger partial charge in [0.1, 0.15) is 11.0 Å². The number of hydrogen-bond donors (Lipinski definition) is 0. The van der Waals surface area contributed by atoms with Crippen LogP contribution in [-0.4, -0.2) is 58.5 Å². The summed E-state index contributed by atoms with van der Waals surface area (Å²) in [6.07, 6.45) is 5.57. The highest BCUT2D eigenvalue weighted by atomic mass is 32.2. The Morgan fingerprint density at radius 2 is 2.04 bits per heavy atom. The van der Waals surface area contributed by atoms with Gasteiger partial charge in [0.15, 0.2) is 15.8 Å². The molecular weight excluding hydrogens is 358 g/mol. The van der Waals surface area contributed by atoms with E-state index in [0.717, 1.165) is 52.3 Å². The summed E-state index contributed by atoms with van der Waals surface area (Å²) in [5.74, 6) is 2.65. The zero-order chi connectivity index (χ0) is 17.4. The van der Waals surface area contributed by atoms with Crippen LogP contribution in [0.4, 0.5) is 11.8 Å². The molecule has 3 aromatic rings. The van der Waals surface area contributed by atoms with Gasteiger partial charge in [-0.15, -0.1) is 11.3 Å². The first-order chi connectivity index (χ1) is 12.2. The summed E-state index contributed by atoms with van der Waals surface area (Å²) < 4.78 is 7.53. The molecule has 25 heavy (non-hydrogen) atoms. The van der Waals surface area contributed by atoms with Gasteiger partial charge in [-0.3, -0.25) is 0 Å². The Morgan fingerprint density at radius 1 is 1.24 bits per heavy atom. The van der Waals surface area contributed by atoms with Gasteiger partial charge in [-0.25, -0.2) is 15.0 Å². The molecule has 3 aromatic heterocycles. The van der Waals surface area contributed by atoms with Crippen molar-refractivity contribution in [1.82, 2.24) is 25.1 Å². The topological polar surface area (TPSA) is 84.1 Å². The van der Waals surface area contributed by atoms with Crippen LogP contribution in [0.5, 0.6) is 0 Å². The van der Waals surface area contributed by atoms with Crippen LogP contribution in [0.2, 0.25) is 0 Å². The number of thiazole rings is 1. The van der Waals surface area contributed by atoms with Crippen molar-refractivity contribution in [3.63, 3.8) is 0 Å². The van der Waals surface area contributed by atoms with Gasteiger partial charge in [0.05, 0.1) is 0 Å². The highest BCUT2D eigenvalue weighted by Gasteiger charge is 2.27. The van der Waals surface area contributed by atoms with Crippen LogP contribution in [0.15, 0.2) is 15.2 Å². The van der Waals surface area contributed by atoms with Crippen molar-refractivity contribution in [2.24, 2.45) is 0 Å². The summed E-state index contributed by atoms with van der Waals surface area (Å²) in [5.41, 5.74) is 0.786. The average Bonchev–Trinajstić information content (AvgIpc) is 3.28. The summed E-state index contributed by atoms with van der Waals surface area (Å²) >= 11 is 3.30. The lowest BCUT2D eigenvalue weighted by Gasteiger charge is -2.31. The van der Waals surface area contributed by atoms with E-state index in [-0.39, 0.29) is 0 Å². The fourth-order valence-corrected chi connectivity index (χ4v) is 4.48. The van der Waals surface area contributed by atoms with Crippen molar-refractivity contribution in [2.45, 2.75) is 23.1 Å². The lowest BCUT2D eigenvalue weighted by molar-refractivity contribution is 0.329. The van der Waals surface area contributed by atoms with E-state index in [1.165, 1.54) is 0 Å². The van der Waals surface area contributed by atoms with Crippen LogP contribution in [0.25, 0.3) is 10.3 Å². The number of anilines is 2. The van der Waals surface area contributed by atoms with Gasteiger partial charge in [0, 0.05) is 33.1 Å². The summed E-state index contributed by atoms with van der Waals surface area (Å²) in [6.45, 7) is 1.81. The molecule has 0 bridgehead atoms. The number of rotatable bonds is 4. The summed E-state index contributed by atoms with van der Waals surface area (Å²) in [7, 11) is 3.82. The molecule has 0 amide bonds. The van der Waals surface area contributed by atoms with Gasteiger partial charge in [-0.2, -0.15) is 4.98 Å². The van der Waals surface area contributed by atoms with Crippen LogP contribution in [0, 0.1) is 0 Å². The van der Waals surface area contributed by atoms with Crippen molar-refractivity contribution >= 4 is 45.2 Å². The van der Waals surface area contributed by atoms with E-state index in [1.54, 1.807) is 29.4 Å². The van der Waals surface area contributed by atoms with Crippen LogP contribution >= 0.6 is 23.1 Å². The minimum atomic E-state index is 0.304. The maximum absolute atomic E-state index is 5.44. The SMILES string of the molecule is CSc1nc2ncnc(N3CCC(c4nc(N(C)C)no4)CC3)c2s1. The molecule has 132 valence electrons. The molecule has 0 radical (unpaired) electrons. The van der Waals surface area contributed by atoms with Gasteiger partial charge < -0.3 is 14.3 Å². The number of thioether (sulfide) groups is 1. The standard InChI is InChI=1S/C15H19N7OS2/c1-21(2)14-19-13(23-20-14)9-4-6-22(7-5-9)12-10-11(16-8-17-12)18-15(24-3)25-10/h8-9H,4-7H2,1-3H3. The van der Waals surface area contributed by atoms with Crippen LogP contribution in [0.3, 0.4) is 0 Å². The first-order valence-electron chi connectivity index (χ1n) is 8.07. The molecule has 0 spiro atoms. The molecule has 0 N–H and O–H groups in total. The van der Waals surface area contributed by atoms with E-state index in [0.29, 0.717) is 11.9 Å². The lowest BCUT2D eigenvalue weighted by Crippen LogP contribution is -2.33. The van der Waals surface area contributed by atoms with E-state index >= 15 is 0 Å². The molecule has 8 nitrogen and oxygen atoms in total.